The molecule has 1 aromatic carbocycles. The summed E-state index contributed by atoms with van der Waals surface area (Å²) in [6.07, 6.45) is 0.974. The molecule has 2 rings (SSSR count). The van der Waals surface area contributed by atoms with Crippen molar-refractivity contribution in [2.75, 3.05) is 32.8 Å². The van der Waals surface area contributed by atoms with Gasteiger partial charge in [0.15, 0.2) is 0 Å². The van der Waals surface area contributed by atoms with Gasteiger partial charge >= 0.3 is 5.97 Å². The lowest BCUT2D eigenvalue weighted by atomic mass is 10.0. The topological polar surface area (TPSA) is 61.8 Å². The number of aromatic hydroxyl groups is 1. The molecule has 116 valence electrons. The summed E-state index contributed by atoms with van der Waals surface area (Å²) in [5, 5.41) is 13.1. The summed E-state index contributed by atoms with van der Waals surface area (Å²) in [5.74, 6) is -0.262. The standard InChI is InChI=1S/C15H21ClN2O3/c1-2-21-15(20)14(18-8-3-6-17-7-9-18)11-4-5-13(19)12(16)10-11/h4-5,10,14,17,19H,2-3,6-9H2,1H3. The number of phenols is 1. The van der Waals surface area contributed by atoms with E-state index in [1.807, 2.05) is 0 Å². The molecule has 5 nitrogen and oxygen atoms in total. The number of halogens is 1. The molecule has 1 aliphatic heterocycles. The number of phenolic OH excluding ortho intramolecular Hbond substituents is 1. The second-order valence-electron chi connectivity index (χ2n) is 5.00. The Labute approximate surface area is 129 Å². The highest BCUT2D eigenvalue weighted by Gasteiger charge is 2.29. The minimum atomic E-state index is -0.483. The lowest BCUT2D eigenvalue weighted by Crippen LogP contribution is -2.37. The van der Waals surface area contributed by atoms with Gasteiger partial charge in [-0.05, 0) is 37.6 Å². The predicted octanol–water partition coefficient (Wildman–Crippen LogP) is 1.95. The molecule has 0 saturated carbocycles. The van der Waals surface area contributed by atoms with Crippen LogP contribution in [0.5, 0.6) is 5.75 Å². The van der Waals surface area contributed by atoms with Crippen LogP contribution in [0.4, 0.5) is 0 Å². The third-order valence-corrected chi connectivity index (χ3v) is 3.84. The molecule has 1 fully saturated rings. The van der Waals surface area contributed by atoms with Crippen molar-refractivity contribution in [2.24, 2.45) is 0 Å². The van der Waals surface area contributed by atoms with Gasteiger partial charge in [-0.15, -0.1) is 0 Å². The molecule has 1 aromatic rings. The number of hydrogen-bond acceptors (Lipinski definition) is 5. The minimum absolute atomic E-state index is 0.0144. The van der Waals surface area contributed by atoms with Gasteiger partial charge in [0.2, 0.25) is 0 Å². The number of rotatable bonds is 4. The third kappa shape index (κ3) is 4.09. The largest absolute Gasteiger partial charge is 0.506 e. The normalized spacial score (nSPS) is 18.0. The monoisotopic (exact) mass is 312 g/mol. The van der Waals surface area contributed by atoms with E-state index in [-0.39, 0.29) is 16.7 Å². The van der Waals surface area contributed by atoms with Crippen LogP contribution in [0, 0.1) is 0 Å². The molecule has 21 heavy (non-hydrogen) atoms. The predicted molar refractivity (Wildman–Crippen MR) is 81.6 cm³/mol. The second-order valence-corrected chi connectivity index (χ2v) is 5.41. The highest BCUT2D eigenvalue weighted by Crippen LogP contribution is 2.30. The van der Waals surface area contributed by atoms with E-state index in [0.29, 0.717) is 6.61 Å². The maximum atomic E-state index is 12.4. The van der Waals surface area contributed by atoms with E-state index in [9.17, 15) is 9.90 Å². The van der Waals surface area contributed by atoms with Crippen molar-refractivity contribution in [1.82, 2.24) is 10.2 Å². The van der Waals surface area contributed by atoms with E-state index in [1.54, 1.807) is 19.1 Å². The Morgan fingerprint density at radius 2 is 2.29 bits per heavy atom. The first-order valence-corrected chi connectivity index (χ1v) is 7.61. The van der Waals surface area contributed by atoms with Crippen LogP contribution in [-0.4, -0.2) is 48.8 Å². The van der Waals surface area contributed by atoms with E-state index >= 15 is 0 Å². The van der Waals surface area contributed by atoms with E-state index in [4.69, 9.17) is 16.3 Å². The van der Waals surface area contributed by atoms with Gasteiger partial charge in [-0.2, -0.15) is 0 Å². The Bertz CT molecular complexity index is 488. The third-order valence-electron chi connectivity index (χ3n) is 3.54. The maximum absolute atomic E-state index is 12.4. The summed E-state index contributed by atoms with van der Waals surface area (Å²) in [6.45, 7) is 5.50. The summed E-state index contributed by atoms with van der Waals surface area (Å²) < 4.78 is 5.22. The summed E-state index contributed by atoms with van der Waals surface area (Å²) in [4.78, 5) is 14.5. The lowest BCUT2D eigenvalue weighted by Gasteiger charge is -2.29. The second kappa shape index (κ2) is 7.64. The zero-order valence-electron chi connectivity index (χ0n) is 12.1. The Morgan fingerprint density at radius 1 is 1.48 bits per heavy atom. The van der Waals surface area contributed by atoms with Crippen LogP contribution in [0.1, 0.15) is 24.9 Å². The van der Waals surface area contributed by atoms with Crippen LogP contribution in [0.2, 0.25) is 5.02 Å². The average molecular weight is 313 g/mol. The van der Waals surface area contributed by atoms with Crippen LogP contribution in [-0.2, 0) is 9.53 Å². The Morgan fingerprint density at radius 3 is 3.00 bits per heavy atom. The number of esters is 1. The first kappa shape index (κ1) is 16.1. The zero-order chi connectivity index (χ0) is 15.2. The first-order chi connectivity index (χ1) is 10.1. The zero-order valence-corrected chi connectivity index (χ0v) is 12.9. The van der Waals surface area contributed by atoms with Gasteiger partial charge in [-0.1, -0.05) is 17.7 Å². The fourth-order valence-electron chi connectivity index (χ4n) is 2.54. The molecule has 0 amide bonds. The summed E-state index contributed by atoms with van der Waals surface area (Å²) in [5.41, 5.74) is 0.748. The molecule has 1 atom stereocenters. The number of carbonyl (C=O) groups excluding carboxylic acids is 1. The number of ether oxygens (including phenoxy) is 1. The van der Waals surface area contributed by atoms with Gasteiger partial charge in [-0.25, -0.2) is 4.79 Å². The number of benzene rings is 1. The van der Waals surface area contributed by atoms with Crippen molar-refractivity contribution in [1.29, 1.82) is 0 Å². The van der Waals surface area contributed by atoms with Crippen molar-refractivity contribution in [3.63, 3.8) is 0 Å². The minimum Gasteiger partial charge on any atom is -0.506 e. The van der Waals surface area contributed by atoms with Crippen LogP contribution in [0.25, 0.3) is 0 Å². The molecule has 0 radical (unpaired) electrons. The van der Waals surface area contributed by atoms with Crippen LogP contribution in [0.15, 0.2) is 18.2 Å². The molecule has 2 N–H and O–H groups in total. The van der Waals surface area contributed by atoms with Crippen molar-refractivity contribution >= 4 is 17.6 Å². The SMILES string of the molecule is CCOC(=O)C(c1ccc(O)c(Cl)c1)N1CCCNCC1. The van der Waals surface area contributed by atoms with Gasteiger partial charge in [0, 0.05) is 19.6 Å². The number of carbonyl (C=O) groups is 1. The van der Waals surface area contributed by atoms with Gasteiger partial charge in [0.05, 0.1) is 11.6 Å². The molecule has 0 bridgehead atoms. The smallest absolute Gasteiger partial charge is 0.328 e. The highest BCUT2D eigenvalue weighted by molar-refractivity contribution is 6.32. The fraction of sp³-hybridized carbons (Fsp3) is 0.533. The molecule has 1 unspecified atom stereocenters. The fourth-order valence-corrected chi connectivity index (χ4v) is 2.72. The van der Waals surface area contributed by atoms with Crippen molar-refractivity contribution in [3.8, 4) is 5.75 Å². The first-order valence-electron chi connectivity index (χ1n) is 7.23. The average Bonchev–Trinajstić information content (AvgIpc) is 2.72. The quantitative estimate of drug-likeness (QED) is 0.832. The summed E-state index contributed by atoms with van der Waals surface area (Å²) in [6, 6.07) is 4.39. The van der Waals surface area contributed by atoms with E-state index < -0.39 is 6.04 Å². The Balaban J connectivity index is 2.29. The Kier molecular flexibility index (Phi) is 5.85. The lowest BCUT2D eigenvalue weighted by molar-refractivity contribution is -0.149. The van der Waals surface area contributed by atoms with Crippen LogP contribution >= 0.6 is 11.6 Å². The van der Waals surface area contributed by atoms with E-state index in [1.165, 1.54) is 6.07 Å². The molecular formula is C15H21ClN2O3. The van der Waals surface area contributed by atoms with Gasteiger partial charge in [0.1, 0.15) is 11.8 Å². The molecular weight excluding hydrogens is 292 g/mol. The summed E-state index contributed by atoms with van der Waals surface area (Å²) >= 11 is 5.98. The molecule has 1 heterocycles. The van der Waals surface area contributed by atoms with Gasteiger partial charge in [-0.3, -0.25) is 4.90 Å². The van der Waals surface area contributed by atoms with Gasteiger partial charge in [0.25, 0.3) is 0 Å². The van der Waals surface area contributed by atoms with Crippen molar-refractivity contribution in [2.45, 2.75) is 19.4 Å². The van der Waals surface area contributed by atoms with Crippen LogP contribution in [0.3, 0.4) is 0 Å². The number of hydrogen-bond donors (Lipinski definition) is 2. The summed E-state index contributed by atoms with van der Waals surface area (Å²) in [7, 11) is 0. The molecule has 1 aliphatic rings. The molecule has 0 aliphatic carbocycles. The molecule has 0 aromatic heterocycles. The Hall–Kier alpha value is -1.30. The number of nitrogens with zero attached hydrogens (tertiary/aromatic N) is 1. The van der Waals surface area contributed by atoms with Gasteiger partial charge < -0.3 is 15.2 Å². The molecule has 0 spiro atoms. The van der Waals surface area contributed by atoms with Crippen molar-refractivity contribution < 1.29 is 14.6 Å². The van der Waals surface area contributed by atoms with E-state index in [2.05, 4.69) is 10.2 Å². The van der Waals surface area contributed by atoms with E-state index in [0.717, 1.165) is 38.2 Å². The highest BCUT2D eigenvalue weighted by atomic mass is 35.5. The maximum Gasteiger partial charge on any atom is 0.328 e. The van der Waals surface area contributed by atoms with Crippen molar-refractivity contribution in [3.05, 3.63) is 28.8 Å². The number of nitrogens with one attached hydrogen (secondary N) is 1. The molecule has 6 heteroatoms. The van der Waals surface area contributed by atoms with Crippen LogP contribution < -0.4 is 5.32 Å². The molecule has 1 saturated heterocycles.